The summed E-state index contributed by atoms with van der Waals surface area (Å²) < 4.78 is 0.522. The smallest absolute Gasteiger partial charge is 0.352 e. The van der Waals surface area contributed by atoms with Crippen molar-refractivity contribution in [3.63, 3.8) is 0 Å². The summed E-state index contributed by atoms with van der Waals surface area (Å²) in [4.78, 5) is 54.0. The van der Waals surface area contributed by atoms with Crippen LogP contribution < -0.4 is 16.4 Å². The van der Waals surface area contributed by atoms with Gasteiger partial charge in [0.25, 0.3) is 11.8 Å². The van der Waals surface area contributed by atoms with Crippen molar-refractivity contribution in [1.82, 2.24) is 25.4 Å². The molecule has 2 aliphatic heterocycles. The van der Waals surface area contributed by atoms with Crippen LogP contribution in [0.2, 0.25) is 0 Å². The molecule has 36 heavy (non-hydrogen) atoms. The second-order valence-corrected chi connectivity index (χ2v) is 11.9. The number of hydrogen-bond donors (Lipinski definition) is 5. The lowest BCUT2D eigenvalue weighted by Crippen LogP contribution is -2.71. The molecular formula is C18H18N8O6S4. The van der Waals surface area contributed by atoms with Crippen LogP contribution in [0.3, 0.4) is 0 Å². The second kappa shape index (κ2) is 10.4. The first-order chi connectivity index (χ1) is 17.1. The van der Waals surface area contributed by atoms with E-state index in [0.29, 0.717) is 15.0 Å². The Labute approximate surface area is 219 Å². The van der Waals surface area contributed by atoms with E-state index in [1.807, 2.05) is 0 Å². The van der Waals surface area contributed by atoms with Crippen LogP contribution >= 0.6 is 46.2 Å². The minimum absolute atomic E-state index is 0.0509. The standard InChI is InChI=1S/C18H18N8O6S4/c1-5(35-18-24-23-17(36-18)20-6(2)27)7-3-33-14-10(13(29)26(14)11(7)15(30)31)22-12(28)9(25-32)8-4-34-16(19)21-8/h4-5,10,14,32H,3H2,1-2H3,(H2,19,21)(H,22,28)(H,30,31)(H,20,23,27)/t5?,10-,14+/m1/s1. The Morgan fingerprint density at radius 1 is 1.36 bits per heavy atom. The van der Waals surface area contributed by atoms with Gasteiger partial charge in [-0.2, -0.15) is 0 Å². The van der Waals surface area contributed by atoms with Crippen LogP contribution in [0.4, 0.5) is 10.3 Å². The lowest BCUT2D eigenvalue weighted by atomic mass is 10.0. The summed E-state index contributed by atoms with van der Waals surface area (Å²) in [6.45, 7) is 3.14. The van der Waals surface area contributed by atoms with Crippen molar-refractivity contribution in [3.05, 3.63) is 22.3 Å². The Balaban J connectivity index is 1.49. The van der Waals surface area contributed by atoms with Gasteiger partial charge in [-0.15, -0.1) is 33.3 Å². The van der Waals surface area contributed by atoms with Crippen LogP contribution in [0.5, 0.6) is 0 Å². The molecule has 6 N–H and O–H groups in total. The van der Waals surface area contributed by atoms with Crippen LogP contribution in [0.25, 0.3) is 0 Å². The van der Waals surface area contributed by atoms with Gasteiger partial charge < -0.3 is 26.7 Å². The molecule has 4 rings (SSSR count). The van der Waals surface area contributed by atoms with E-state index in [0.717, 1.165) is 27.6 Å². The maximum atomic E-state index is 12.9. The van der Waals surface area contributed by atoms with Gasteiger partial charge in [-0.05, 0) is 12.5 Å². The molecule has 0 radical (unpaired) electrons. The third kappa shape index (κ3) is 5.01. The first-order valence-corrected chi connectivity index (χ1v) is 13.7. The van der Waals surface area contributed by atoms with E-state index in [4.69, 9.17) is 5.73 Å². The minimum atomic E-state index is -1.27. The molecule has 0 aromatic carbocycles. The number of carbonyl (C=O) groups excluding carboxylic acids is 3. The van der Waals surface area contributed by atoms with Gasteiger partial charge in [-0.1, -0.05) is 28.3 Å². The number of carboxylic acids is 1. The number of oxime groups is 1. The molecule has 1 unspecified atom stereocenters. The number of anilines is 2. The highest BCUT2D eigenvalue weighted by Crippen LogP contribution is 2.44. The number of aliphatic carboxylic acids is 1. The summed E-state index contributed by atoms with van der Waals surface area (Å²) >= 11 is 4.76. The normalized spacial score (nSPS) is 20.4. The number of thioether (sulfide) groups is 2. The molecule has 0 bridgehead atoms. The number of nitrogen functional groups attached to an aromatic ring is 1. The zero-order valence-corrected chi connectivity index (χ0v) is 21.8. The Bertz CT molecular complexity index is 1310. The van der Waals surface area contributed by atoms with Crippen LogP contribution in [0, 0.1) is 0 Å². The van der Waals surface area contributed by atoms with Crippen molar-refractivity contribution in [1.29, 1.82) is 0 Å². The Kier molecular flexibility index (Phi) is 7.48. The average molecular weight is 571 g/mol. The van der Waals surface area contributed by atoms with Crippen LogP contribution in [-0.2, 0) is 19.2 Å². The van der Waals surface area contributed by atoms with E-state index >= 15 is 0 Å². The molecule has 14 nitrogen and oxygen atoms in total. The summed E-state index contributed by atoms with van der Waals surface area (Å²) in [5.74, 6) is -2.72. The van der Waals surface area contributed by atoms with Crippen molar-refractivity contribution < 1.29 is 29.5 Å². The lowest BCUT2D eigenvalue weighted by molar-refractivity contribution is -0.150. The number of rotatable bonds is 8. The molecule has 2 aromatic heterocycles. The second-order valence-electron chi connectivity index (χ2n) is 7.37. The zero-order chi connectivity index (χ0) is 26.1. The fourth-order valence-electron chi connectivity index (χ4n) is 3.45. The monoisotopic (exact) mass is 570 g/mol. The van der Waals surface area contributed by atoms with Crippen molar-refractivity contribution >= 4 is 85.9 Å². The molecule has 4 heterocycles. The predicted molar refractivity (Wildman–Crippen MR) is 134 cm³/mol. The summed E-state index contributed by atoms with van der Waals surface area (Å²) in [6.07, 6.45) is 0. The number of thiazole rings is 1. The van der Waals surface area contributed by atoms with Gasteiger partial charge in [-0.3, -0.25) is 19.3 Å². The number of β-lactam (4-membered cyclic amide) rings is 1. The van der Waals surface area contributed by atoms with E-state index < -0.39 is 34.9 Å². The van der Waals surface area contributed by atoms with Crippen molar-refractivity contribution in [3.8, 4) is 0 Å². The van der Waals surface area contributed by atoms with Crippen LogP contribution in [0.1, 0.15) is 19.5 Å². The van der Waals surface area contributed by atoms with E-state index in [1.54, 1.807) is 6.92 Å². The van der Waals surface area contributed by atoms with Crippen molar-refractivity contribution in [2.24, 2.45) is 5.16 Å². The molecule has 1 fully saturated rings. The topological polar surface area (TPSA) is 213 Å². The highest BCUT2D eigenvalue weighted by atomic mass is 32.2. The number of carboxylic acid groups (broad SMARTS) is 1. The van der Waals surface area contributed by atoms with E-state index in [2.05, 4.69) is 31.0 Å². The number of aromatic nitrogens is 3. The van der Waals surface area contributed by atoms with Gasteiger partial charge in [0.05, 0.1) is 0 Å². The van der Waals surface area contributed by atoms with Gasteiger partial charge in [-0.25, -0.2) is 9.78 Å². The largest absolute Gasteiger partial charge is 0.477 e. The molecule has 2 aromatic rings. The first kappa shape index (κ1) is 25.9. The molecule has 0 spiro atoms. The molecule has 0 aliphatic carbocycles. The van der Waals surface area contributed by atoms with Crippen LogP contribution in [0.15, 0.2) is 26.1 Å². The number of amides is 3. The number of nitrogens with two attached hydrogens (primary N) is 1. The Morgan fingerprint density at radius 2 is 2.11 bits per heavy atom. The number of carbonyl (C=O) groups is 4. The Hall–Kier alpha value is -3.22. The summed E-state index contributed by atoms with van der Waals surface area (Å²) in [6, 6.07) is -1.02. The summed E-state index contributed by atoms with van der Waals surface area (Å²) in [5, 5.41) is 36.0. The van der Waals surface area contributed by atoms with Gasteiger partial charge in [0.2, 0.25) is 11.0 Å². The van der Waals surface area contributed by atoms with E-state index in [9.17, 15) is 29.5 Å². The van der Waals surface area contributed by atoms with E-state index in [-0.39, 0.29) is 33.4 Å². The highest BCUT2D eigenvalue weighted by molar-refractivity contribution is 8.02. The maximum absolute atomic E-state index is 12.9. The predicted octanol–water partition coefficient (Wildman–Crippen LogP) is 0.633. The van der Waals surface area contributed by atoms with Crippen molar-refractivity contribution in [2.75, 3.05) is 16.8 Å². The number of nitrogens with one attached hydrogen (secondary N) is 2. The first-order valence-electron chi connectivity index (χ1n) is 10.0. The summed E-state index contributed by atoms with van der Waals surface area (Å²) in [5.41, 5.74) is 5.56. The maximum Gasteiger partial charge on any atom is 0.352 e. The fraction of sp³-hybridized carbons (Fsp3) is 0.333. The molecule has 190 valence electrons. The number of fused-ring (bicyclic) bond motifs is 1. The lowest BCUT2D eigenvalue weighted by Gasteiger charge is -2.49. The van der Waals surface area contributed by atoms with Gasteiger partial charge in [0, 0.05) is 23.3 Å². The number of nitrogens with zero attached hydrogens (tertiary/aromatic N) is 5. The van der Waals surface area contributed by atoms with Gasteiger partial charge >= 0.3 is 5.97 Å². The van der Waals surface area contributed by atoms with Crippen molar-refractivity contribution in [2.45, 2.75) is 34.9 Å². The quantitative estimate of drug-likeness (QED) is 0.0738. The molecule has 3 amide bonds. The number of hydrogen-bond acceptors (Lipinski definition) is 14. The van der Waals surface area contributed by atoms with Gasteiger partial charge in [0.15, 0.2) is 15.2 Å². The molecule has 1 saturated heterocycles. The fourth-order valence-corrected chi connectivity index (χ4v) is 7.69. The molecule has 2 aliphatic rings. The molecule has 0 saturated carbocycles. The summed E-state index contributed by atoms with van der Waals surface area (Å²) in [7, 11) is 0. The zero-order valence-electron chi connectivity index (χ0n) is 18.5. The molecule has 3 atom stereocenters. The minimum Gasteiger partial charge on any atom is -0.477 e. The Morgan fingerprint density at radius 3 is 2.72 bits per heavy atom. The molecule has 18 heteroatoms. The van der Waals surface area contributed by atoms with E-state index in [1.165, 1.54) is 35.8 Å². The third-order valence-electron chi connectivity index (χ3n) is 5.02. The van der Waals surface area contributed by atoms with Crippen LogP contribution in [-0.4, -0.2) is 82.2 Å². The third-order valence-corrected chi connectivity index (χ3v) is 9.09. The molecular weight excluding hydrogens is 553 g/mol. The SMILES string of the molecule is CC(=O)Nc1nnc(SC(C)C2=C(C(=O)O)N3C(=O)[C@@H](NC(=O)C(=NO)c4csc(N)n4)[C@@H]3SC2)s1. The van der Waals surface area contributed by atoms with Gasteiger partial charge in [0.1, 0.15) is 22.8 Å². The highest BCUT2D eigenvalue weighted by Gasteiger charge is 2.55. The average Bonchev–Trinajstić information content (AvgIpc) is 3.44.